The van der Waals surface area contributed by atoms with Crippen LogP contribution in [0.1, 0.15) is 0 Å². The predicted octanol–water partition coefficient (Wildman–Crippen LogP) is 0.985. The monoisotopic (exact) mass is 90.0 g/mol. The Morgan fingerprint density at radius 2 is 2.00 bits per heavy atom. The Morgan fingerprint density at radius 1 is 1.50 bits per heavy atom. The maximum absolute atomic E-state index is 4.89. The summed E-state index contributed by atoms with van der Waals surface area (Å²) in [5.41, 5.74) is 0. The first-order valence-electron chi connectivity index (χ1n) is 1.41. The van der Waals surface area contributed by atoms with Crippen LogP contribution in [0.3, 0.4) is 0 Å². The summed E-state index contributed by atoms with van der Waals surface area (Å²) in [4.78, 5) is 0. The van der Waals surface area contributed by atoms with Crippen LogP contribution in [0.2, 0.25) is 0 Å². The Kier molecular flexibility index (Phi) is 14.1. The minimum absolute atomic E-state index is 0. The molecule has 0 spiro atoms. The van der Waals surface area contributed by atoms with Gasteiger partial charge in [0.2, 0.25) is 0 Å². The molecule has 0 aromatic heterocycles. The van der Waals surface area contributed by atoms with Crippen molar-refractivity contribution in [2.24, 2.45) is 0 Å². The maximum Gasteiger partial charge on any atom is 2.00 e. The van der Waals surface area contributed by atoms with Crippen LogP contribution in [0.5, 0.6) is 0 Å². The van der Waals surface area contributed by atoms with Gasteiger partial charge >= 0.3 is 23.1 Å². The minimum Gasteiger partial charge on any atom is -0.293 e. The van der Waals surface area contributed by atoms with Crippen molar-refractivity contribution in [1.29, 1.82) is 0 Å². The molecule has 0 aliphatic rings. The maximum atomic E-state index is 4.89. The molecule has 0 bridgehead atoms. The molecule has 0 nitrogen and oxygen atoms in total. The number of hydrogen-bond acceptors (Lipinski definition) is 0. The van der Waals surface area contributed by atoms with Gasteiger partial charge in [0.25, 0.3) is 0 Å². The molecule has 0 unspecified atom stereocenters. The van der Waals surface area contributed by atoms with Crippen molar-refractivity contribution in [3.63, 3.8) is 0 Å². The standard InChI is InChI=1S/C5H6.Mg/c1-3-5-4-2;/h1,3-5H,2H2;/q-2;+2/b5-4-;. The summed E-state index contributed by atoms with van der Waals surface area (Å²) in [7, 11) is 0. The van der Waals surface area contributed by atoms with E-state index in [1.165, 1.54) is 6.08 Å². The van der Waals surface area contributed by atoms with Gasteiger partial charge in [-0.2, -0.15) is 0 Å². The van der Waals surface area contributed by atoms with Gasteiger partial charge in [0, 0.05) is 0 Å². The van der Waals surface area contributed by atoms with Gasteiger partial charge in [0.05, 0.1) is 0 Å². The first kappa shape index (κ1) is 9.45. The Labute approximate surface area is 55.1 Å². The van der Waals surface area contributed by atoms with E-state index >= 15 is 0 Å². The molecule has 0 amide bonds. The second-order valence-corrected chi connectivity index (χ2v) is 0.621. The molecule has 0 aromatic rings. The van der Waals surface area contributed by atoms with E-state index in [4.69, 9.17) is 6.58 Å². The average Bonchev–Trinajstić information content (AvgIpc) is 1.41. The molecule has 0 heterocycles. The molecule has 0 aromatic carbocycles. The molecule has 0 saturated carbocycles. The van der Waals surface area contributed by atoms with Gasteiger partial charge in [0.1, 0.15) is 0 Å². The van der Waals surface area contributed by atoms with Crippen molar-refractivity contribution in [2.45, 2.75) is 0 Å². The Bertz CT molecular complexity index is 45.9. The molecular formula is C5H6Mg. The SMILES string of the molecule is [CH-]=C/C=C\[CH2-].[Mg+2]. The van der Waals surface area contributed by atoms with E-state index in [0.29, 0.717) is 0 Å². The molecule has 0 atom stereocenters. The molecule has 0 radical (unpaired) electrons. The van der Waals surface area contributed by atoms with Crippen molar-refractivity contribution < 1.29 is 0 Å². The third kappa shape index (κ3) is 8.93. The molecule has 28 valence electrons. The Hall–Kier alpha value is 0.116. The van der Waals surface area contributed by atoms with Crippen molar-refractivity contribution in [1.82, 2.24) is 0 Å². The molecule has 0 aliphatic heterocycles. The van der Waals surface area contributed by atoms with Crippen LogP contribution in [-0.4, -0.2) is 23.1 Å². The van der Waals surface area contributed by atoms with E-state index in [1.807, 2.05) is 0 Å². The zero-order valence-corrected chi connectivity index (χ0v) is 5.14. The van der Waals surface area contributed by atoms with Crippen LogP contribution in [0.4, 0.5) is 0 Å². The van der Waals surface area contributed by atoms with Crippen molar-refractivity contribution in [3.8, 4) is 0 Å². The third-order valence-electron chi connectivity index (χ3n) is 0.247. The summed E-state index contributed by atoms with van der Waals surface area (Å²) in [5, 5.41) is 0. The van der Waals surface area contributed by atoms with Crippen LogP contribution in [-0.2, 0) is 0 Å². The summed E-state index contributed by atoms with van der Waals surface area (Å²) in [6.45, 7) is 8.27. The van der Waals surface area contributed by atoms with Crippen LogP contribution in [0.25, 0.3) is 0 Å². The van der Waals surface area contributed by atoms with E-state index in [2.05, 4.69) is 6.92 Å². The van der Waals surface area contributed by atoms with E-state index < -0.39 is 0 Å². The number of allylic oxidation sites excluding steroid dienone is 3. The van der Waals surface area contributed by atoms with E-state index in [9.17, 15) is 0 Å². The molecule has 0 aliphatic carbocycles. The number of rotatable bonds is 1. The summed E-state index contributed by atoms with van der Waals surface area (Å²) in [6, 6.07) is 0. The van der Waals surface area contributed by atoms with Crippen molar-refractivity contribution >= 4 is 23.1 Å². The largest absolute Gasteiger partial charge is 2.00 e. The van der Waals surface area contributed by atoms with Gasteiger partial charge in [0.15, 0.2) is 0 Å². The minimum atomic E-state index is 0. The fraction of sp³-hybridized carbons (Fsp3) is 0. The first-order valence-corrected chi connectivity index (χ1v) is 1.41. The van der Waals surface area contributed by atoms with Gasteiger partial charge in [-0.3, -0.25) is 6.58 Å². The summed E-state index contributed by atoms with van der Waals surface area (Å²) < 4.78 is 0. The summed E-state index contributed by atoms with van der Waals surface area (Å²) in [6.07, 6.45) is 4.73. The molecule has 0 saturated heterocycles. The second kappa shape index (κ2) is 8.93. The van der Waals surface area contributed by atoms with Crippen molar-refractivity contribution in [3.05, 3.63) is 31.7 Å². The fourth-order valence-corrected chi connectivity index (χ4v) is 0.0786. The van der Waals surface area contributed by atoms with E-state index in [-0.39, 0.29) is 23.1 Å². The zero-order valence-electron chi connectivity index (χ0n) is 3.72. The van der Waals surface area contributed by atoms with Gasteiger partial charge in [-0.1, -0.05) is 0 Å². The molecule has 0 fully saturated rings. The fourth-order valence-electron chi connectivity index (χ4n) is 0.0786. The smallest absolute Gasteiger partial charge is 0.293 e. The third-order valence-corrected chi connectivity index (χ3v) is 0.247. The quantitative estimate of drug-likeness (QED) is 0.256. The normalized spacial score (nSPS) is 7.33. The molecule has 6 heavy (non-hydrogen) atoms. The van der Waals surface area contributed by atoms with Crippen LogP contribution in [0.15, 0.2) is 18.2 Å². The Morgan fingerprint density at radius 3 is 2.00 bits per heavy atom. The molecule has 0 rings (SSSR count). The molecule has 1 heteroatoms. The zero-order chi connectivity index (χ0) is 4.12. The number of hydrogen-bond donors (Lipinski definition) is 0. The van der Waals surface area contributed by atoms with E-state index in [1.54, 1.807) is 12.2 Å². The summed E-state index contributed by atoms with van der Waals surface area (Å²) in [5.74, 6) is 0. The van der Waals surface area contributed by atoms with Gasteiger partial charge in [-0.05, 0) is 0 Å². The molecule has 0 N–H and O–H groups in total. The Balaban J connectivity index is 0. The van der Waals surface area contributed by atoms with Crippen LogP contribution >= 0.6 is 0 Å². The van der Waals surface area contributed by atoms with Gasteiger partial charge < -0.3 is 0 Å². The second-order valence-electron chi connectivity index (χ2n) is 0.621. The molecular weight excluding hydrogens is 84.4 g/mol. The van der Waals surface area contributed by atoms with Gasteiger partial charge in [-0.15, -0.1) is 0 Å². The van der Waals surface area contributed by atoms with Crippen LogP contribution in [0, 0.1) is 13.5 Å². The summed E-state index contributed by atoms with van der Waals surface area (Å²) >= 11 is 0. The van der Waals surface area contributed by atoms with Crippen molar-refractivity contribution in [2.75, 3.05) is 0 Å². The first-order chi connectivity index (χ1) is 2.41. The van der Waals surface area contributed by atoms with Gasteiger partial charge in [-0.25, -0.2) is 25.2 Å². The average molecular weight is 90.4 g/mol. The van der Waals surface area contributed by atoms with Crippen LogP contribution < -0.4 is 0 Å². The predicted molar refractivity (Wildman–Crippen MR) is 29.1 cm³/mol. The van der Waals surface area contributed by atoms with E-state index in [0.717, 1.165) is 0 Å². The topological polar surface area (TPSA) is 0 Å².